The molecule has 112 valence electrons. The van der Waals surface area contributed by atoms with Crippen LogP contribution in [0.5, 0.6) is 0 Å². The maximum Gasteiger partial charge on any atom is 0.270 e. The molecule has 0 bridgehead atoms. The highest BCUT2D eigenvalue weighted by atomic mass is 32.2. The van der Waals surface area contributed by atoms with Gasteiger partial charge in [-0.05, 0) is 38.8 Å². The van der Waals surface area contributed by atoms with Crippen LogP contribution >= 0.6 is 0 Å². The normalized spacial score (nSPS) is 17.0. The van der Waals surface area contributed by atoms with Crippen molar-refractivity contribution in [2.24, 2.45) is 13.0 Å². The summed E-state index contributed by atoms with van der Waals surface area (Å²) in [5, 5.41) is 0. The van der Waals surface area contributed by atoms with Crippen LogP contribution < -0.4 is 4.72 Å². The summed E-state index contributed by atoms with van der Waals surface area (Å²) in [6.07, 6.45) is 3.77. The Labute approximate surface area is 119 Å². The van der Waals surface area contributed by atoms with Gasteiger partial charge in [0.05, 0.1) is 0 Å². The van der Waals surface area contributed by atoms with Crippen LogP contribution in [0.3, 0.4) is 0 Å². The highest BCUT2D eigenvalue weighted by molar-refractivity contribution is 7.89. The number of aromatic nitrogens is 1. The lowest BCUT2D eigenvalue weighted by atomic mass is 10.2. The third-order valence-corrected chi connectivity index (χ3v) is 5.39. The van der Waals surface area contributed by atoms with Crippen molar-refractivity contribution in [3.8, 4) is 0 Å². The number of hydrogen-bond acceptors (Lipinski definition) is 3. The lowest BCUT2D eigenvalue weighted by Crippen LogP contribution is -2.37. The fraction of sp³-hybridized carbons (Fsp3) is 0.615. The van der Waals surface area contributed by atoms with Gasteiger partial charge < -0.3 is 9.47 Å². The van der Waals surface area contributed by atoms with E-state index in [4.69, 9.17) is 0 Å². The molecule has 0 aliphatic heterocycles. The second-order valence-electron chi connectivity index (χ2n) is 5.37. The van der Waals surface area contributed by atoms with Crippen molar-refractivity contribution in [1.82, 2.24) is 14.2 Å². The number of nitrogens with one attached hydrogen (secondary N) is 1. The van der Waals surface area contributed by atoms with Crippen LogP contribution in [0.25, 0.3) is 0 Å². The van der Waals surface area contributed by atoms with Crippen molar-refractivity contribution in [3.63, 3.8) is 0 Å². The summed E-state index contributed by atoms with van der Waals surface area (Å²) in [7, 11) is 1.27. The second kappa shape index (κ2) is 5.21. The predicted molar refractivity (Wildman–Crippen MR) is 75.9 cm³/mol. The lowest BCUT2D eigenvalue weighted by Gasteiger charge is -2.24. The minimum atomic E-state index is -3.52. The van der Waals surface area contributed by atoms with Gasteiger partial charge in [-0.3, -0.25) is 4.79 Å². The summed E-state index contributed by atoms with van der Waals surface area (Å²) in [6, 6.07) is 1.60. The minimum Gasteiger partial charge on any atom is -0.345 e. The second-order valence-corrected chi connectivity index (χ2v) is 7.26. The maximum absolute atomic E-state index is 12.5. The molecular weight excluding hydrogens is 278 g/mol. The van der Waals surface area contributed by atoms with E-state index >= 15 is 0 Å². The standard InChI is InChI=1S/C13H21N3O3S/c1-9(10-5-6-10)16(4)13(17)12-7-11(8-15(12)3)20(18,19)14-2/h7-10,14H,5-6H2,1-4H3/t9-/m0/s1. The molecule has 1 heterocycles. The lowest BCUT2D eigenvalue weighted by molar-refractivity contribution is 0.0717. The molecule has 20 heavy (non-hydrogen) atoms. The quantitative estimate of drug-likeness (QED) is 0.874. The van der Waals surface area contributed by atoms with Crippen LogP contribution in [0.4, 0.5) is 0 Å². The Bertz CT molecular complexity index is 617. The first-order valence-corrected chi connectivity index (χ1v) is 8.13. The number of nitrogens with zero attached hydrogens (tertiary/aromatic N) is 2. The van der Waals surface area contributed by atoms with E-state index in [2.05, 4.69) is 4.72 Å². The Balaban J connectivity index is 2.26. The molecule has 7 heteroatoms. The van der Waals surface area contributed by atoms with Gasteiger partial charge in [-0.15, -0.1) is 0 Å². The molecule has 1 aliphatic carbocycles. The molecule has 0 radical (unpaired) electrons. The van der Waals surface area contributed by atoms with Crippen molar-refractivity contribution in [2.75, 3.05) is 14.1 Å². The Hall–Kier alpha value is -1.34. The van der Waals surface area contributed by atoms with E-state index in [1.807, 2.05) is 6.92 Å². The molecule has 1 amide bonds. The average Bonchev–Trinajstić information content (AvgIpc) is 3.18. The Morgan fingerprint density at radius 3 is 2.60 bits per heavy atom. The van der Waals surface area contributed by atoms with Crippen LogP contribution in [0.1, 0.15) is 30.3 Å². The zero-order chi connectivity index (χ0) is 15.1. The molecule has 0 aromatic carbocycles. The molecule has 1 N–H and O–H groups in total. The first-order chi connectivity index (χ1) is 9.27. The zero-order valence-corrected chi connectivity index (χ0v) is 13.1. The van der Waals surface area contributed by atoms with Crippen LogP contribution in [0, 0.1) is 5.92 Å². The maximum atomic E-state index is 12.5. The van der Waals surface area contributed by atoms with Gasteiger partial charge in [0.2, 0.25) is 10.0 Å². The molecule has 1 fully saturated rings. The molecule has 0 spiro atoms. The summed E-state index contributed by atoms with van der Waals surface area (Å²) in [6.45, 7) is 2.03. The van der Waals surface area contributed by atoms with E-state index in [-0.39, 0.29) is 16.8 Å². The smallest absolute Gasteiger partial charge is 0.270 e. The van der Waals surface area contributed by atoms with Crippen molar-refractivity contribution in [1.29, 1.82) is 0 Å². The monoisotopic (exact) mass is 299 g/mol. The van der Waals surface area contributed by atoms with Gasteiger partial charge in [-0.2, -0.15) is 0 Å². The van der Waals surface area contributed by atoms with Crippen LogP contribution in [0.15, 0.2) is 17.2 Å². The Kier molecular flexibility index (Phi) is 3.93. The number of amides is 1. The molecule has 1 saturated carbocycles. The molecule has 1 aromatic heterocycles. The number of sulfonamides is 1. The van der Waals surface area contributed by atoms with Gasteiger partial charge in [0.1, 0.15) is 10.6 Å². The van der Waals surface area contributed by atoms with E-state index in [0.717, 1.165) is 12.8 Å². The third-order valence-electron chi connectivity index (χ3n) is 4.01. The third kappa shape index (κ3) is 2.73. The number of carbonyl (C=O) groups excluding carboxylic acids is 1. The Morgan fingerprint density at radius 1 is 1.50 bits per heavy atom. The number of hydrogen-bond donors (Lipinski definition) is 1. The SMILES string of the molecule is CNS(=O)(=O)c1cc(C(=O)N(C)[C@@H](C)C2CC2)n(C)c1. The first kappa shape index (κ1) is 15.1. The Morgan fingerprint density at radius 2 is 2.10 bits per heavy atom. The van der Waals surface area contributed by atoms with Gasteiger partial charge in [0.25, 0.3) is 5.91 Å². The molecule has 2 rings (SSSR count). The molecule has 0 unspecified atom stereocenters. The van der Waals surface area contributed by atoms with E-state index in [9.17, 15) is 13.2 Å². The van der Waals surface area contributed by atoms with Gasteiger partial charge in [0, 0.05) is 26.3 Å². The molecule has 1 aromatic rings. The van der Waals surface area contributed by atoms with Gasteiger partial charge in [-0.25, -0.2) is 13.1 Å². The van der Waals surface area contributed by atoms with E-state index in [1.165, 1.54) is 19.3 Å². The van der Waals surface area contributed by atoms with Crippen LogP contribution in [-0.2, 0) is 17.1 Å². The van der Waals surface area contributed by atoms with Crippen molar-refractivity contribution in [2.45, 2.75) is 30.7 Å². The van der Waals surface area contributed by atoms with Crippen molar-refractivity contribution < 1.29 is 13.2 Å². The summed E-state index contributed by atoms with van der Waals surface area (Å²) in [5.74, 6) is 0.425. The topological polar surface area (TPSA) is 71.4 Å². The predicted octanol–water partition coefficient (Wildman–Crippen LogP) is 0.804. The summed E-state index contributed by atoms with van der Waals surface area (Å²) in [5.41, 5.74) is 0.383. The molecular formula is C13H21N3O3S. The molecule has 1 atom stereocenters. The fourth-order valence-corrected chi connectivity index (χ4v) is 3.07. The number of rotatable bonds is 5. The highest BCUT2D eigenvalue weighted by Crippen LogP contribution is 2.35. The zero-order valence-electron chi connectivity index (χ0n) is 12.3. The van der Waals surface area contributed by atoms with E-state index < -0.39 is 10.0 Å². The van der Waals surface area contributed by atoms with Crippen LogP contribution in [-0.4, -0.2) is 43.9 Å². The fourth-order valence-electron chi connectivity index (χ4n) is 2.27. The summed E-state index contributed by atoms with van der Waals surface area (Å²) in [4.78, 5) is 14.3. The van der Waals surface area contributed by atoms with E-state index in [0.29, 0.717) is 11.6 Å². The van der Waals surface area contributed by atoms with Crippen LogP contribution in [0.2, 0.25) is 0 Å². The summed E-state index contributed by atoms with van der Waals surface area (Å²) >= 11 is 0. The number of aryl methyl sites for hydroxylation is 1. The van der Waals surface area contributed by atoms with Gasteiger partial charge in [-0.1, -0.05) is 0 Å². The molecule has 6 nitrogen and oxygen atoms in total. The van der Waals surface area contributed by atoms with E-state index in [1.54, 1.807) is 23.6 Å². The largest absolute Gasteiger partial charge is 0.345 e. The average molecular weight is 299 g/mol. The van der Waals surface area contributed by atoms with Gasteiger partial charge >= 0.3 is 0 Å². The molecule has 0 saturated heterocycles. The number of carbonyl (C=O) groups is 1. The van der Waals surface area contributed by atoms with Gasteiger partial charge in [0.15, 0.2) is 0 Å². The minimum absolute atomic E-state index is 0.110. The van der Waals surface area contributed by atoms with Crippen molar-refractivity contribution in [3.05, 3.63) is 18.0 Å². The highest BCUT2D eigenvalue weighted by Gasteiger charge is 2.33. The molecule has 1 aliphatic rings. The first-order valence-electron chi connectivity index (χ1n) is 6.65. The van der Waals surface area contributed by atoms with Crippen molar-refractivity contribution >= 4 is 15.9 Å². The summed E-state index contributed by atoms with van der Waals surface area (Å²) < 4.78 is 27.3.